The van der Waals surface area contributed by atoms with Crippen LogP contribution in [0.15, 0.2) is 0 Å². The van der Waals surface area contributed by atoms with Crippen molar-refractivity contribution in [3.63, 3.8) is 0 Å². The molecule has 182 valence electrons. The molecule has 20 heteroatoms. The first kappa shape index (κ1) is 191. The fraction of sp³-hybridized carbons (Fsp3) is 0. The average molecular weight is 1950 g/mol. The van der Waals surface area contributed by atoms with Crippen LogP contribution in [0.25, 0.3) is 0 Å². The zero-order valence-electron chi connectivity index (χ0n) is 13.5. The zero-order chi connectivity index (χ0) is 12.0. The van der Waals surface area contributed by atoms with Gasteiger partial charge in [-0.05, 0) is 0 Å². The van der Waals surface area contributed by atoms with Gasteiger partial charge in [0.25, 0.3) is 0 Å². The second-order valence-corrected chi connectivity index (χ2v) is 0. The molecular weight excluding hydrogens is 1920 g/mol. The van der Waals surface area contributed by atoms with Gasteiger partial charge in [-0.3, -0.25) is 42.3 Å². The van der Waals surface area contributed by atoms with Gasteiger partial charge in [0, 0.05) is 40.8 Å². The summed E-state index contributed by atoms with van der Waals surface area (Å²) in [5, 5.41) is 0. The Morgan fingerprint density at radius 3 is 0.231 bits per heavy atom. The third-order valence-electron chi connectivity index (χ3n) is 0. The van der Waals surface area contributed by atoms with Crippen LogP contribution >= 0.6 is 0 Å². The molecule has 0 bridgehead atoms. The standard InChI is InChI=1S/6CH4N.4Os.2Re.8HSe/c6*1-2;;;;;;;;;;;;;;/h6*1-2H2;;;;;;;8*1H/q6*-1;4*+1;;;;;;;;;;. The van der Waals surface area contributed by atoms with E-state index in [4.69, 9.17) is 0 Å². The van der Waals surface area contributed by atoms with Crippen molar-refractivity contribution >= 4 is 137 Å². The van der Waals surface area contributed by atoms with Crippen LogP contribution in [0.2, 0.25) is 0 Å². The number of nitrogens with two attached hydrogens (primary N) is 6. The third kappa shape index (κ3) is 497. The summed E-state index contributed by atoms with van der Waals surface area (Å²) in [6.07, 6.45) is 0. The van der Waals surface area contributed by atoms with E-state index in [1.165, 1.54) is 0 Å². The van der Waals surface area contributed by atoms with Gasteiger partial charge in [-0.25, -0.2) is 0 Å². The van der Waals surface area contributed by atoms with Crippen LogP contribution in [-0.4, -0.2) is 137 Å². The molecule has 0 aromatic carbocycles. The molecule has 0 heterocycles. The van der Waals surface area contributed by atoms with Gasteiger partial charge < -0.3 is 34.4 Å². The molecule has 12 N–H and O–H groups in total. The molecule has 0 unspecified atom stereocenters. The summed E-state index contributed by atoms with van der Waals surface area (Å²) < 4.78 is 0. The Bertz CT molecular complexity index is 57.2. The number of hydrogen-bond acceptors (Lipinski definition) is 6. The Hall–Kier alpha value is 7.79. The fourth-order valence-corrected chi connectivity index (χ4v) is 0. The minimum atomic E-state index is 0. The molecular formula is C6H32N6Os4Re2Se8-2. The van der Waals surface area contributed by atoms with E-state index in [1.807, 2.05) is 0 Å². The number of rotatable bonds is 0. The van der Waals surface area contributed by atoms with Crippen LogP contribution in [0, 0.1) is 42.3 Å². The molecule has 0 atom stereocenters. The molecule has 26 heavy (non-hydrogen) atoms. The van der Waals surface area contributed by atoms with E-state index in [-0.39, 0.29) is 257 Å². The van der Waals surface area contributed by atoms with Gasteiger partial charge in [0.05, 0.1) is 0 Å². The molecule has 0 saturated carbocycles. The van der Waals surface area contributed by atoms with Crippen LogP contribution in [-0.2, 0) is 120 Å². The molecule has 0 fully saturated rings. The molecule has 0 aliphatic heterocycles. The van der Waals surface area contributed by atoms with Gasteiger partial charge >= 0.3 is 216 Å². The first-order valence-corrected chi connectivity index (χ1v) is 2.45. The van der Waals surface area contributed by atoms with E-state index in [0.717, 1.165) is 0 Å². The van der Waals surface area contributed by atoms with Gasteiger partial charge in [-0.15, -0.1) is 0 Å². The Morgan fingerprint density at radius 1 is 0.231 bits per heavy atom. The Morgan fingerprint density at radius 2 is 0.231 bits per heavy atom. The molecule has 14 radical (unpaired) electrons. The number of hydrogen-bond donors (Lipinski definition) is 6. The summed E-state index contributed by atoms with van der Waals surface area (Å²) >= 11 is 0. The van der Waals surface area contributed by atoms with Crippen LogP contribution in [0.1, 0.15) is 0 Å². The SMILES string of the molecule is [CH2-]N.[CH2-]N.[CH2-]N.[CH2-]N.[CH2-]N.[CH2-]N.[Os+].[Os+].[Os+].[Os+].[Re].[Re].[SeH].[SeH].[SeH].[SeH].[SeH].[SeH].[SeH].[SeH]. The van der Waals surface area contributed by atoms with Crippen LogP contribution in [0.5, 0.6) is 0 Å². The summed E-state index contributed by atoms with van der Waals surface area (Å²) in [7, 11) is 16.5. The molecule has 0 saturated heterocycles. The van der Waals surface area contributed by atoms with Gasteiger partial charge in [0.2, 0.25) is 0 Å². The van der Waals surface area contributed by atoms with Crippen molar-refractivity contribution in [2.45, 2.75) is 0 Å². The Labute approximate surface area is 327 Å². The van der Waals surface area contributed by atoms with E-state index < -0.39 is 0 Å². The van der Waals surface area contributed by atoms with Crippen LogP contribution in [0.3, 0.4) is 0 Å². The van der Waals surface area contributed by atoms with Crippen molar-refractivity contribution in [3.05, 3.63) is 42.3 Å². The molecule has 0 aromatic heterocycles. The van der Waals surface area contributed by atoms with Crippen molar-refractivity contribution in [1.82, 2.24) is 0 Å². The second kappa shape index (κ2) is 546. The van der Waals surface area contributed by atoms with Crippen molar-refractivity contribution in [2.75, 3.05) is 0 Å². The molecule has 0 amide bonds. The summed E-state index contributed by atoms with van der Waals surface area (Å²) in [6, 6.07) is 0. The summed E-state index contributed by atoms with van der Waals surface area (Å²) in [5.74, 6) is 0. The first-order valence-electron chi connectivity index (χ1n) is 2.45. The topological polar surface area (TPSA) is 156 Å². The van der Waals surface area contributed by atoms with Gasteiger partial charge in [-0.1, -0.05) is 0 Å². The summed E-state index contributed by atoms with van der Waals surface area (Å²) in [4.78, 5) is 0. The normalized spacial score (nSPS) is 1.38. The predicted octanol–water partition coefficient (Wildman–Crippen LogP) is -6.78. The van der Waals surface area contributed by atoms with Crippen LogP contribution < -0.4 is 34.4 Å². The van der Waals surface area contributed by atoms with E-state index >= 15 is 0 Å². The molecule has 0 rings (SSSR count). The zero-order valence-corrected chi connectivity index (χ0v) is 44.1. The van der Waals surface area contributed by atoms with Crippen molar-refractivity contribution < 1.29 is 120 Å². The van der Waals surface area contributed by atoms with E-state index in [2.05, 4.69) is 76.7 Å². The fourth-order valence-electron chi connectivity index (χ4n) is 0. The molecule has 0 aliphatic rings. The summed E-state index contributed by atoms with van der Waals surface area (Å²) in [6.45, 7) is 0. The van der Waals surface area contributed by atoms with Crippen molar-refractivity contribution in [2.24, 2.45) is 34.4 Å². The first-order chi connectivity index (χ1) is 6.00. The third-order valence-corrected chi connectivity index (χ3v) is 0. The maximum absolute atomic E-state index is 4.25. The molecule has 0 aliphatic carbocycles. The van der Waals surface area contributed by atoms with E-state index in [0.29, 0.717) is 0 Å². The quantitative estimate of drug-likeness (QED) is 0.105. The second-order valence-electron chi connectivity index (χ2n) is 0. The van der Waals surface area contributed by atoms with E-state index in [9.17, 15) is 0 Å². The van der Waals surface area contributed by atoms with Crippen molar-refractivity contribution in [1.29, 1.82) is 0 Å². The van der Waals surface area contributed by atoms with Crippen molar-refractivity contribution in [3.8, 4) is 0 Å². The molecule has 6 nitrogen and oxygen atoms in total. The van der Waals surface area contributed by atoms with Crippen LogP contribution in [0.4, 0.5) is 0 Å². The van der Waals surface area contributed by atoms with Gasteiger partial charge in [-0.2, -0.15) is 0 Å². The molecule has 0 spiro atoms. The minimum absolute atomic E-state index is 0. The van der Waals surface area contributed by atoms with Gasteiger partial charge in [0.15, 0.2) is 0 Å². The van der Waals surface area contributed by atoms with Gasteiger partial charge in [0.1, 0.15) is 0 Å². The monoisotopic (exact) mass is 1970 g/mol. The maximum atomic E-state index is 4.25. The molecule has 0 aromatic rings. The van der Waals surface area contributed by atoms with E-state index in [1.54, 1.807) is 0 Å². The Balaban J connectivity index is -0.000000000833. The summed E-state index contributed by atoms with van der Waals surface area (Å²) in [5.41, 5.74) is 25.5. The predicted molar refractivity (Wildman–Crippen MR) is 114 cm³/mol. The average Bonchev–Trinajstić information content (AvgIpc) is 2.33. The Kier molecular flexibility index (Phi) is 4020.